The van der Waals surface area contributed by atoms with Crippen LogP contribution in [0.4, 0.5) is 13.9 Å². The lowest BCUT2D eigenvalue weighted by Crippen LogP contribution is -2.25. The summed E-state index contributed by atoms with van der Waals surface area (Å²) in [5.41, 5.74) is -3.88. The molecule has 1 aromatic heterocycles. The zero-order valence-corrected chi connectivity index (χ0v) is 23.7. The highest BCUT2D eigenvalue weighted by molar-refractivity contribution is 9.10. The fraction of sp³-hybridized carbons (Fsp3) is 0.292. The van der Waals surface area contributed by atoms with Crippen molar-refractivity contribution in [3.8, 4) is 11.3 Å². The highest BCUT2D eigenvalue weighted by Crippen LogP contribution is 2.64. The number of carboxylic acid groups (broad SMARTS) is 1. The fourth-order valence-corrected chi connectivity index (χ4v) is 5.37. The largest absolute Gasteiger partial charge is 0.478 e. The molecule has 0 saturated carbocycles. The van der Waals surface area contributed by atoms with Gasteiger partial charge in [0.2, 0.25) is 6.79 Å². The first kappa shape index (κ1) is 29.9. The summed E-state index contributed by atoms with van der Waals surface area (Å²) >= 11 is 4.34. The number of aromatic nitrogens is 1. The van der Waals surface area contributed by atoms with Crippen LogP contribution in [0, 0.1) is 5.41 Å². The van der Waals surface area contributed by atoms with E-state index < -0.39 is 43.0 Å². The average Bonchev–Trinajstić information content (AvgIpc) is 3.31. The van der Waals surface area contributed by atoms with E-state index in [0.29, 0.717) is 16.4 Å². The zero-order chi connectivity index (χ0) is 28.3. The van der Waals surface area contributed by atoms with Crippen molar-refractivity contribution in [2.24, 2.45) is 5.41 Å². The lowest BCUT2D eigenvalue weighted by Gasteiger charge is -2.24. The lowest BCUT2D eigenvalue weighted by atomic mass is 9.98. The normalized spacial score (nSPS) is 13.6. The van der Waals surface area contributed by atoms with Gasteiger partial charge in [-0.2, -0.15) is 8.78 Å². The van der Waals surface area contributed by atoms with Crippen LogP contribution in [0.25, 0.3) is 11.3 Å². The Hall–Kier alpha value is -2.70. The highest BCUT2D eigenvalue weighted by atomic mass is 79.9. The van der Waals surface area contributed by atoms with Crippen LogP contribution in [0.2, 0.25) is 0 Å². The number of thiazole rings is 1. The molecular formula is C24H24BrF2N2O7PS. The summed E-state index contributed by atoms with van der Waals surface area (Å²) in [6.07, 6.45) is 0. The molecule has 38 heavy (non-hydrogen) atoms. The number of esters is 1. The van der Waals surface area contributed by atoms with E-state index in [-0.39, 0.29) is 16.6 Å². The third-order valence-corrected chi connectivity index (χ3v) is 7.98. The summed E-state index contributed by atoms with van der Waals surface area (Å²) in [4.78, 5) is 37.1. The predicted octanol–water partition coefficient (Wildman–Crippen LogP) is 6.68. The van der Waals surface area contributed by atoms with Crippen LogP contribution in [0.15, 0.2) is 52.3 Å². The maximum absolute atomic E-state index is 14.9. The standard InChI is InChI=1S/C24H24BrF2N2O7PS/c1-23(2,3)21(32)35-13-36-37(33,34)24(26,27)17-9-4-14(10-18(17)25)11-28-22-29-19(12-38-22)15-5-7-16(8-6-15)20(30)31/h4-10,12H,11,13H2,1-3H3,(H,28,29)(H,30,31)(H,33,34). The molecule has 1 unspecified atom stereocenters. The van der Waals surface area contributed by atoms with Crippen LogP contribution in [0.1, 0.15) is 42.3 Å². The number of nitrogens with zero attached hydrogens (tertiary/aromatic N) is 1. The number of carbonyl (C=O) groups excluding carboxylic acids is 1. The Morgan fingerprint density at radius 1 is 1.16 bits per heavy atom. The molecule has 3 aromatic rings. The minimum absolute atomic E-state index is 0.121. The molecule has 0 aliphatic rings. The maximum Gasteiger partial charge on any atom is 0.404 e. The van der Waals surface area contributed by atoms with Crippen molar-refractivity contribution in [2.75, 3.05) is 12.1 Å². The number of hydrogen-bond acceptors (Lipinski definition) is 8. The second kappa shape index (κ2) is 11.6. The van der Waals surface area contributed by atoms with E-state index in [9.17, 15) is 27.8 Å². The Kier molecular flexibility index (Phi) is 9.10. The van der Waals surface area contributed by atoms with Crippen LogP contribution in [0.3, 0.4) is 0 Å². The first-order chi connectivity index (χ1) is 17.6. The molecule has 0 aliphatic carbocycles. The summed E-state index contributed by atoms with van der Waals surface area (Å²) in [7, 11) is -5.56. The Morgan fingerprint density at radius 3 is 2.39 bits per heavy atom. The Morgan fingerprint density at radius 2 is 1.82 bits per heavy atom. The number of alkyl halides is 2. The van der Waals surface area contributed by atoms with Gasteiger partial charge in [-0.3, -0.25) is 13.9 Å². The van der Waals surface area contributed by atoms with Gasteiger partial charge in [0.1, 0.15) is 0 Å². The first-order valence-electron chi connectivity index (χ1n) is 11.0. The molecule has 0 bridgehead atoms. The molecule has 14 heteroatoms. The van der Waals surface area contributed by atoms with Gasteiger partial charge in [0.15, 0.2) is 5.13 Å². The van der Waals surface area contributed by atoms with Crippen LogP contribution in [-0.4, -0.2) is 33.7 Å². The summed E-state index contributed by atoms with van der Waals surface area (Å²) < 4.78 is 51.1. The maximum atomic E-state index is 14.9. The summed E-state index contributed by atoms with van der Waals surface area (Å²) in [6.45, 7) is 3.71. The molecular weight excluding hydrogens is 609 g/mol. The highest BCUT2D eigenvalue weighted by Gasteiger charge is 2.54. The van der Waals surface area contributed by atoms with Crippen molar-refractivity contribution in [1.29, 1.82) is 0 Å². The van der Waals surface area contributed by atoms with E-state index in [4.69, 9.17) is 5.11 Å². The third-order valence-electron chi connectivity index (χ3n) is 5.12. The lowest BCUT2D eigenvalue weighted by molar-refractivity contribution is -0.160. The molecule has 3 N–H and O–H groups in total. The van der Waals surface area contributed by atoms with E-state index in [1.807, 2.05) is 0 Å². The molecule has 0 fully saturated rings. The molecule has 204 valence electrons. The van der Waals surface area contributed by atoms with Crippen molar-refractivity contribution >= 4 is 51.9 Å². The molecule has 1 atom stereocenters. The molecule has 0 saturated heterocycles. The minimum atomic E-state index is -5.56. The Bertz CT molecular complexity index is 1380. The summed E-state index contributed by atoms with van der Waals surface area (Å²) in [6, 6.07) is 9.99. The van der Waals surface area contributed by atoms with Crippen molar-refractivity contribution in [1.82, 2.24) is 4.98 Å². The molecule has 3 rings (SSSR count). The second-order valence-corrected chi connectivity index (χ2v) is 12.7. The van der Waals surface area contributed by atoms with E-state index in [1.165, 1.54) is 56.4 Å². The van der Waals surface area contributed by atoms with Crippen LogP contribution in [-0.2, 0) is 30.8 Å². The topological polar surface area (TPSA) is 135 Å². The zero-order valence-electron chi connectivity index (χ0n) is 20.4. The van der Waals surface area contributed by atoms with E-state index in [2.05, 4.69) is 35.5 Å². The number of benzene rings is 2. The van der Waals surface area contributed by atoms with Crippen molar-refractivity contribution < 1.29 is 42.2 Å². The van der Waals surface area contributed by atoms with Crippen LogP contribution in [0.5, 0.6) is 0 Å². The monoisotopic (exact) mass is 632 g/mol. The molecule has 0 radical (unpaired) electrons. The van der Waals surface area contributed by atoms with Gasteiger partial charge in [-0.1, -0.05) is 40.2 Å². The minimum Gasteiger partial charge on any atom is -0.478 e. The molecule has 0 amide bonds. The SMILES string of the molecule is CC(C)(C)C(=O)OCOP(=O)(O)C(F)(F)c1ccc(CNc2nc(-c3ccc(C(=O)O)cc3)cs2)cc1Br. The van der Waals surface area contributed by atoms with Crippen LogP contribution >= 0.6 is 34.9 Å². The number of aromatic carboxylic acids is 1. The number of nitrogens with one attached hydrogen (secondary N) is 1. The van der Waals surface area contributed by atoms with E-state index >= 15 is 0 Å². The van der Waals surface area contributed by atoms with Gasteiger partial charge >= 0.3 is 25.2 Å². The molecule has 9 nitrogen and oxygen atoms in total. The number of hydrogen-bond donors (Lipinski definition) is 3. The quantitative estimate of drug-likeness (QED) is 0.127. The Balaban J connectivity index is 1.64. The van der Waals surface area contributed by atoms with Crippen molar-refractivity contribution in [3.63, 3.8) is 0 Å². The third kappa shape index (κ3) is 7.03. The van der Waals surface area contributed by atoms with Gasteiger partial charge < -0.3 is 20.1 Å². The predicted molar refractivity (Wildman–Crippen MR) is 141 cm³/mol. The number of carboxylic acids is 1. The summed E-state index contributed by atoms with van der Waals surface area (Å²) in [5, 5.41) is 14.4. The Labute approximate surface area is 229 Å². The van der Waals surface area contributed by atoms with Crippen molar-refractivity contribution in [3.05, 3.63) is 69.0 Å². The number of ether oxygens (including phenoxy) is 1. The molecule has 2 aromatic carbocycles. The smallest absolute Gasteiger partial charge is 0.404 e. The fourth-order valence-electron chi connectivity index (χ4n) is 2.96. The van der Waals surface area contributed by atoms with Gasteiger partial charge in [-0.05, 0) is 44.5 Å². The van der Waals surface area contributed by atoms with Crippen LogP contribution < -0.4 is 5.32 Å². The van der Waals surface area contributed by atoms with Gasteiger partial charge in [-0.25, -0.2) is 9.78 Å². The summed E-state index contributed by atoms with van der Waals surface area (Å²) in [5.74, 6) is -1.80. The van der Waals surface area contributed by atoms with Gasteiger partial charge in [-0.15, -0.1) is 11.3 Å². The van der Waals surface area contributed by atoms with Gasteiger partial charge in [0.05, 0.1) is 16.7 Å². The molecule has 1 heterocycles. The van der Waals surface area contributed by atoms with E-state index in [0.717, 1.165) is 11.6 Å². The number of halogens is 3. The number of anilines is 1. The number of rotatable bonds is 10. The van der Waals surface area contributed by atoms with Crippen molar-refractivity contribution in [2.45, 2.75) is 33.0 Å². The molecule has 0 aliphatic heterocycles. The van der Waals surface area contributed by atoms with E-state index in [1.54, 1.807) is 17.5 Å². The first-order valence-corrected chi connectivity index (χ1v) is 14.2. The van der Waals surface area contributed by atoms with Gasteiger partial charge in [0.25, 0.3) is 0 Å². The average molecular weight is 633 g/mol. The second-order valence-electron chi connectivity index (χ2n) is 9.08. The molecule has 0 spiro atoms. The number of carbonyl (C=O) groups is 2. The van der Waals surface area contributed by atoms with Gasteiger partial charge in [0, 0.05) is 27.5 Å².